The van der Waals surface area contributed by atoms with Gasteiger partial charge in [0, 0.05) is 30.6 Å². The van der Waals surface area contributed by atoms with Crippen LogP contribution in [0.2, 0.25) is 0 Å². The average molecular weight is 329 g/mol. The molecule has 1 fully saturated rings. The first-order valence-electron chi connectivity index (χ1n) is 8.25. The molecule has 1 aromatic heterocycles. The minimum Gasteiger partial charge on any atom is -0.496 e. The molecule has 0 bridgehead atoms. The highest BCUT2D eigenvalue weighted by atomic mass is 16.5. The molecule has 2 heterocycles. The summed E-state index contributed by atoms with van der Waals surface area (Å²) in [6.45, 7) is 2.78. The van der Waals surface area contributed by atoms with Crippen molar-refractivity contribution in [1.29, 1.82) is 0 Å². The Bertz CT molecular complexity index is 722. The largest absolute Gasteiger partial charge is 0.496 e. The van der Waals surface area contributed by atoms with Crippen LogP contribution in [0.1, 0.15) is 25.0 Å². The summed E-state index contributed by atoms with van der Waals surface area (Å²) in [5.74, 6) is 0.518. The molecule has 0 amide bonds. The van der Waals surface area contributed by atoms with Crippen molar-refractivity contribution in [2.75, 3.05) is 7.11 Å². The Hall–Kier alpha value is -2.27. The number of aromatic nitrogens is 1. The lowest BCUT2D eigenvalue weighted by atomic mass is 10.0. The van der Waals surface area contributed by atoms with E-state index in [2.05, 4.69) is 23.6 Å². The number of hydrogen-bond acceptors (Lipinski definition) is 4. The van der Waals surface area contributed by atoms with Gasteiger partial charge < -0.3 is 19.1 Å². The first-order chi connectivity index (χ1) is 11.6. The van der Waals surface area contributed by atoms with Crippen molar-refractivity contribution in [3.05, 3.63) is 42.1 Å². The van der Waals surface area contributed by atoms with Gasteiger partial charge in [0.15, 0.2) is 0 Å². The summed E-state index contributed by atoms with van der Waals surface area (Å²) in [7, 11) is 1.67. The van der Waals surface area contributed by atoms with E-state index in [1.165, 1.54) is 0 Å². The van der Waals surface area contributed by atoms with Crippen LogP contribution in [-0.2, 0) is 16.1 Å². The van der Waals surface area contributed by atoms with Gasteiger partial charge in [-0.1, -0.05) is 12.1 Å². The number of aliphatic hydroxyl groups is 1. The molecule has 1 aromatic carbocycles. The number of para-hydroxylation sites is 1. The fraction of sp³-hybridized carbons (Fsp3) is 0.421. The van der Waals surface area contributed by atoms with Crippen LogP contribution in [-0.4, -0.2) is 35.0 Å². The zero-order valence-electron chi connectivity index (χ0n) is 14.1. The van der Waals surface area contributed by atoms with Gasteiger partial charge in [0.1, 0.15) is 11.9 Å². The van der Waals surface area contributed by atoms with E-state index >= 15 is 0 Å². The molecular formula is C19H23NO4. The highest BCUT2D eigenvalue weighted by Gasteiger charge is 2.27. The lowest BCUT2D eigenvalue weighted by molar-refractivity contribution is -0.160. The third-order valence-electron chi connectivity index (χ3n) is 4.49. The molecule has 2 unspecified atom stereocenters. The van der Waals surface area contributed by atoms with Gasteiger partial charge in [-0.3, -0.25) is 4.79 Å². The van der Waals surface area contributed by atoms with E-state index < -0.39 is 6.10 Å². The molecule has 5 heteroatoms. The van der Waals surface area contributed by atoms with E-state index in [9.17, 15) is 9.90 Å². The van der Waals surface area contributed by atoms with Gasteiger partial charge >= 0.3 is 5.97 Å². The number of carbonyl (C=O) groups is 1. The third kappa shape index (κ3) is 3.46. The molecule has 1 saturated heterocycles. The number of hydrogen-bond donors (Lipinski definition) is 1. The summed E-state index contributed by atoms with van der Waals surface area (Å²) in [5, 5.41) is 9.74. The standard InChI is InChI=1S/C19H23NO4/c1-13-7-8-17(16-5-3-4-6-18(16)23-2)20(13)10-9-15-11-14(21)12-19(22)24-15/h3-8,14-15,21H,9-12H2,1-2H3. The number of methoxy groups -OCH3 is 1. The van der Waals surface area contributed by atoms with Crippen molar-refractivity contribution >= 4 is 5.97 Å². The minimum atomic E-state index is -0.587. The van der Waals surface area contributed by atoms with Crippen LogP contribution in [0.3, 0.4) is 0 Å². The summed E-state index contributed by atoms with van der Waals surface area (Å²) in [4.78, 5) is 11.5. The van der Waals surface area contributed by atoms with Crippen molar-refractivity contribution in [2.24, 2.45) is 0 Å². The van der Waals surface area contributed by atoms with Crippen LogP contribution in [0.25, 0.3) is 11.3 Å². The third-order valence-corrected chi connectivity index (χ3v) is 4.49. The zero-order valence-corrected chi connectivity index (χ0v) is 14.1. The van der Waals surface area contributed by atoms with E-state index in [1.807, 2.05) is 24.3 Å². The molecule has 5 nitrogen and oxygen atoms in total. The van der Waals surface area contributed by atoms with Crippen molar-refractivity contribution < 1.29 is 19.4 Å². The Morgan fingerprint density at radius 1 is 1.29 bits per heavy atom. The second-order valence-corrected chi connectivity index (χ2v) is 6.21. The summed E-state index contributed by atoms with van der Waals surface area (Å²) < 4.78 is 13.0. The number of nitrogens with zero attached hydrogens (tertiary/aromatic N) is 1. The summed E-state index contributed by atoms with van der Waals surface area (Å²) >= 11 is 0. The first kappa shape index (κ1) is 16.6. The second-order valence-electron chi connectivity index (χ2n) is 6.21. The molecule has 3 rings (SSSR count). The lowest BCUT2D eigenvalue weighted by Crippen LogP contribution is -2.33. The number of esters is 1. The van der Waals surface area contributed by atoms with Crippen molar-refractivity contribution in [2.45, 2.75) is 44.9 Å². The van der Waals surface area contributed by atoms with E-state index in [4.69, 9.17) is 9.47 Å². The van der Waals surface area contributed by atoms with Crippen LogP contribution in [0.15, 0.2) is 36.4 Å². The lowest BCUT2D eigenvalue weighted by Gasteiger charge is -2.26. The van der Waals surface area contributed by atoms with Crippen molar-refractivity contribution in [3.63, 3.8) is 0 Å². The molecule has 2 atom stereocenters. The number of rotatable bonds is 5. The van der Waals surface area contributed by atoms with Crippen LogP contribution in [0, 0.1) is 6.92 Å². The fourth-order valence-corrected chi connectivity index (χ4v) is 3.27. The van der Waals surface area contributed by atoms with Gasteiger partial charge in [-0.25, -0.2) is 0 Å². The highest BCUT2D eigenvalue weighted by molar-refractivity contribution is 5.71. The maximum atomic E-state index is 11.5. The van der Waals surface area contributed by atoms with Gasteiger partial charge in [0.2, 0.25) is 0 Å². The predicted molar refractivity (Wildman–Crippen MR) is 90.9 cm³/mol. The van der Waals surface area contributed by atoms with E-state index in [0.29, 0.717) is 12.8 Å². The Kier molecular flexibility index (Phi) is 4.90. The van der Waals surface area contributed by atoms with Crippen LogP contribution < -0.4 is 4.74 Å². The van der Waals surface area contributed by atoms with E-state index in [1.54, 1.807) is 7.11 Å². The van der Waals surface area contributed by atoms with Crippen LogP contribution >= 0.6 is 0 Å². The van der Waals surface area contributed by atoms with Crippen LogP contribution in [0.4, 0.5) is 0 Å². The van der Waals surface area contributed by atoms with Gasteiger partial charge in [0.05, 0.1) is 25.3 Å². The van der Waals surface area contributed by atoms with Crippen molar-refractivity contribution in [3.8, 4) is 17.0 Å². The first-order valence-corrected chi connectivity index (χ1v) is 8.25. The Morgan fingerprint density at radius 3 is 2.83 bits per heavy atom. The SMILES string of the molecule is COc1ccccc1-c1ccc(C)n1CCC1CC(O)CC(=O)O1. The van der Waals surface area contributed by atoms with Crippen molar-refractivity contribution in [1.82, 2.24) is 4.57 Å². The number of aryl methyl sites for hydroxylation is 1. The van der Waals surface area contributed by atoms with Gasteiger partial charge in [0.25, 0.3) is 0 Å². The average Bonchev–Trinajstić information content (AvgIpc) is 2.92. The second kappa shape index (κ2) is 7.09. The number of ether oxygens (including phenoxy) is 2. The molecule has 1 aliphatic rings. The molecular weight excluding hydrogens is 306 g/mol. The van der Waals surface area contributed by atoms with E-state index in [0.717, 1.165) is 29.2 Å². The van der Waals surface area contributed by atoms with Crippen LogP contribution in [0.5, 0.6) is 5.75 Å². The highest BCUT2D eigenvalue weighted by Crippen LogP contribution is 2.31. The molecule has 24 heavy (non-hydrogen) atoms. The zero-order chi connectivity index (χ0) is 17.1. The molecule has 2 aromatic rings. The van der Waals surface area contributed by atoms with Gasteiger partial charge in [-0.15, -0.1) is 0 Å². The molecule has 0 radical (unpaired) electrons. The molecule has 0 aliphatic carbocycles. The Morgan fingerprint density at radius 2 is 2.08 bits per heavy atom. The Balaban J connectivity index is 1.79. The molecule has 1 N–H and O–H groups in total. The smallest absolute Gasteiger partial charge is 0.308 e. The maximum absolute atomic E-state index is 11.5. The fourth-order valence-electron chi connectivity index (χ4n) is 3.27. The maximum Gasteiger partial charge on any atom is 0.308 e. The van der Waals surface area contributed by atoms with E-state index in [-0.39, 0.29) is 18.5 Å². The normalized spacial score (nSPS) is 20.7. The molecule has 128 valence electrons. The number of cyclic esters (lactones) is 1. The Labute approximate surface area is 141 Å². The topological polar surface area (TPSA) is 60.7 Å². The quantitative estimate of drug-likeness (QED) is 0.857. The molecule has 0 spiro atoms. The number of aliphatic hydroxyl groups excluding tert-OH is 1. The number of carbonyl (C=O) groups excluding carboxylic acids is 1. The monoisotopic (exact) mass is 329 g/mol. The minimum absolute atomic E-state index is 0.103. The predicted octanol–water partition coefficient (Wildman–Crippen LogP) is 2.93. The van der Waals surface area contributed by atoms with Gasteiger partial charge in [-0.2, -0.15) is 0 Å². The summed E-state index contributed by atoms with van der Waals surface area (Å²) in [5.41, 5.74) is 3.25. The van der Waals surface area contributed by atoms with Gasteiger partial charge in [-0.05, 0) is 31.2 Å². The molecule has 1 aliphatic heterocycles. The summed E-state index contributed by atoms with van der Waals surface area (Å²) in [6, 6.07) is 12.1. The molecule has 0 saturated carbocycles. The summed E-state index contributed by atoms with van der Waals surface area (Å²) in [6.07, 6.45) is 0.478. The number of benzene rings is 1.